The van der Waals surface area contributed by atoms with Gasteiger partial charge in [0.25, 0.3) is 0 Å². The molecule has 158 valence electrons. The third kappa shape index (κ3) is 3.97. The first kappa shape index (κ1) is 20.0. The van der Waals surface area contributed by atoms with E-state index in [4.69, 9.17) is 9.47 Å². The van der Waals surface area contributed by atoms with E-state index in [1.807, 2.05) is 60.7 Å². The van der Waals surface area contributed by atoms with Crippen molar-refractivity contribution in [3.05, 3.63) is 88.7 Å². The molecule has 2 heterocycles. The molecule has 0 bridgehead atoms. The minimum absolute atomic E-state index is 0.00226. The SMILES string of the molecule is O=C(N/N=C/c1ccc2c(c1)OCO2)c1nc(-c2ccccc2Br)n(-c2ccccc2)n1. The van der Waals surface area contributed by atoms with Crippen molar-refractivity contribution in [1.29, 1.82) is 0 Å². The Kier molecular flexibility index (Phi) is 5.39. The van der Waals surface area contributed by atoms with Crippen LogP contribution >= 0.6 is 15.9 Å². The predicted molar refractivity (Wildman–Crippen MR) is 122 cm³/mol. The average molecular weight is 490 g/mol. The van der Waals surface area contributed by atoms with E-state index < -0.39 is 5.91 Å². The smallest absolute Gasteiger partial charge is 0.311 e. The molecular formula is C23H16BrN5O3. The van der Waals surface area contributed by atoms with Crippen LogP contribution in [0.25, 0.3) is 17.1 Å². The van der Waals surface area contributed by atoms with Crippen LogP contribution in [0.5, 0.6) is 11.5 Å². The number of hydrogen-bond acceptors (Lipinski definition) is 6. The van der Waals surface area contributed by atoms with Crippen LogP contribution in [-0.2, 0) is 0 Å². The summed E-state index contributed by atoms with van der Waals surface area (Å²) < 4.78 is 13.1. The normalized spacial score (nSPS) is 12.3. The lowest BCUT2D eigenvalue weighted by Crippen LogP contribution is -2.19. The molecule has 9 heteroatoms. The Morgan fingerprint density at radius 1 is 1.03 bits per heavy atom. The van der Waals surface area contributed by atoms with Crippen molar-refractivity contribution in [3.63, 3.8) is 0 Å². The molecule has 1 N–H and O–H groups in total. The number of hydrogen-bond donors (Lipinski definition) is 1. The lowest BCUT2D eigenvalue weighted by Gasteiger charge is -2.07. The number of amides is 1. The molecule has 0 spiro atoms. The van der Waals surface area contributed by atoms with Gasteiger partial charge in [0.2, 0.25) is 12.6 Å². The summed E-state index contributed by atoms with van der Waals surface area (Å²) in [5.41, 5.74) is 4.84. The molecule has 4 aromatic rings. The number of rotatable bonds is 5. The Labute approximate surface area is 191 Å². The first-order chi connectivity index (χ1) is 15.7. The van der Waals surface area contributed by atoms with Crippen LogP contribution in [0.2, 0.25) is 0 Å². The monoisotopic (exact) mass is 489 g/mol. The molecule has 1 amide bonds. The maximum Gasteiger partial charge on any atom is 0.311 e. The highest BCUT2D eigenvalue weighted by molar-refractivity contribution is 9.10. The fraction of sp³-hybridized carbons (Fsp3) is 0.0435. The molecule has 0 saturated heterocycles. The molecule has 0 saturated carbocycles. The van der Waals surface area contributed by atoms with Crippen molar-refractivity contribution in [2.24, 2.45) is 5.10 Å². The Morgan fingerprint density at radius 2 is 1.81 bits per heavy atom. The number of carbonyl (C=O) groups is 1. The van der Waals surface area contributed by atoms with E-state index in [1.54, 1.807) is 16.8 Å². The zero-order valence-electron chi connectivity index (χ0n) is 16.6. The first-order valence-corrected chi connectivity index (χ1v) is 10.5. The highest BCUT2D eigenvalue weighted by Gasteiger charge is 2.20. The molecule has 0 atom stereocenters. The van der Waals surface area contributed by atoms with E-state index in [2.05, 4.69) is 36.5 Å². The zero-order chi connectivity index (χ0) is 21.9. The molecule has 0 unspecified atom stereocenters. The zero-order valence-corrected chi connectivity index (χ0v) is 18.2. The van der Waals surface area contributed by atoms with Gasteiger partial charge in [0.05, 0.1) is 11.9 Å². The van der Waals surface area contributed by atoms with Crippen LogP contribution in [-0.4, -0.2) is 33.7 Å². The maximum atomic E-state index is 12.7. The number of fused-ring (bicyclic) bond motifs is 1. The second-order valence-electron chi connectivity index (χ2n) is 6.80. The summed E-state index contributed by atoms with van der Waals surface area (Å²) in [7, 11) is 0. The number of nitrogens with zero attached hydrogens (tertiary/aromatic N) is 4. The van der Waals surface area contributed by atoms with Gasteiger partial charge in [-0.15, -0.1) is 5.10 Å². The molecule has 1 aliphatic rings. The fourth-order valence-corrected chi connectivity index (χ4v) is 3.65. The number of aromatic nitrogens is 3. The molecule has 5 rings (SSSR count). The van der Waals surface area contributed by atoms with Gasteiger partial charge >= 0.3 is 5.91 Å². The van der Waals surface area contributed by atoms with Gasteiger partial charge < -0.3 is 9.47 Å². The van der Waals surface area contributed by atoms with Gasteiger partial charge in [-0.2, -0.15) is 5.10 Å². The van der Waals surface area contributed by atoms with E-state index in [0.717, 1.165) is 21.3 Å². The Bertz CT molecular complexity index is 1320. The van der Waals surface area contributed by atoms with E-state index in [0.29, 0.717) is 17.3 Å². The van der Waals surface area contributed by atoms with Gasteiger partial charge in [-0.1, -0.05) is 52.3 Å². The molecule has 0 aliphatic carbocycles. The summed E-state index contributed by atoms with van der Waals surface area (Å²) in [5, 5.41) is 8.46. The third-order valence-electron chi connectivity index (χ3n) is 4.70. The minimum atomic E-state index is -0.523. The van der Waals surface area contributed by atoms with E-state index in [-0.39, 0.29) is 12.6 Å². The highest BCUT2D eigenvalue weighted by Crippen LogP contribution is 2.32. The van der Waals surface area contributed by atoms with Crippen LogP contribution in [0.15, 0.2) is 82.4 Å². The average Bonchev–Trinajstić information content (AvgIpc) is 3.47. The number of benzene rings is 3. The van der Waals surface area contributed by atoms with Crippen LogP contribution < -0.4 is 14.9 Å². The van der Waals surface area contributed by atoms with Gasteiger partial charge in [-0.25, -0.2) is 15.1 Å². The summed E-state index contributed by atoms with van der Waals surface area (Å²) in [6.07, 6.45) is 1.52. The second kappa shape index (κ2) is 8.64. The van der Waals surface area contributed by atoms with E-state index in [1.165, 1.54) is 6.21 Å². The first-order valence-electron chi connectivity index (χ1n) is 9.69. The Morgan fingerprint density at radius 3 is 2.66 bits per heavy atom. The second-order valence-corrected chi connectivity index (χ2v) is 7.65. The standard InChI is InChI=1S/C23H16BrN5O3/c24-18-9-5-4-8-17(18)22-26-21(28-29(22)16-6-2-1-3-7-16)23(30)27-25-13-15-10-11-19-20(12-15)32-14-31-19/h1-13H,14H2,(H,27,30)/b25-13+. The maximum absolute atomic E-state index is 12.7. The third-order valence-corrected chi connectivity index (χ3v) is 5.39. The number of hydrazone groups is 1. The number of halogens is 1. The lowest BCUT2D eigenvalue weighted by atomic mass is 10.2. The van der Waals surface area contributed by atoms with Crippen LogP contribution in [0.1, 0.15) is 16.2 Å². The summed E-state index contributed by atoms with van der Waals surface area (Å²) in [6, 6.07) is 22.5. The van der Waals surface area contributed by atoms with Crippen LogP contribution in [0.3, 0.4) is 0 Å². The summed E-state index contributed by atoms with van der Waals surface area (Å²) in [4.78, 5) is 17.2. The molecule has 0 radical (unpaired) electrons. The summed E-state index contributed by atoms with van der Waals surface area (Å²) in [6.45, 7) is 0.197. The van der Waals surface area contributed by atoms with Crippen molar-refractivity contribution < 1.29 is 14.3 Å². The van der Waals surface area contributed by atoms with Gasteiger partial charge in [0.15, 0.2) is 17.3 Å². The fourth-order valence-electron chi connectivity index (χ4n) is 3.18. The van der Waals surface area contributed by atoms with Crippen LogP contribution in [0.4, 0.5) is 0 Å². The van der Waals surface area contributed by atoms with E-state index >= 15 is 0 Å². The van der Waals surface area contributed by atoms with Crippen molar-refractivity contribution in [3.8, 4) is 28.6 Å². The Balaban J connectivity index is 1.42. The van der Waals surface area contributed by atoms with Crippen molar-refractivity contribution >= 4 is 28.1 Å². The lowest BCUT2D eigenvalue weighted by molar-refractivity contribution is 0.0945. The van der Waals surface area contributed by atoms with Gasteiger partial charge in [-0.05, 0) is 42.0 Å². The molecular weight excluding hydrogens is 474 g/mol. The van der Waals surface area contributed by atoms with Crippen molar-refractivity contribution in [2.75, 3.05) is 6.79 Å². The molecule has 1 aliphatic heterocycles. The summed E-state index contributed by atoms with van der Waals surface area (Å²) >= 11 is 3.55. The minimum Gasteiger partial charge on any atom is -0.454 e. The number of para-hydroxylation sites is 1. The van der Waals surface area contributed by atoms with Gasteiger partial charge in [0.1, 0.15) is 0 Å². The predicted octanol–water partition coefficient (Wildman–Crippen LogP) is 4.19. The topological polar surface area (TPSA) is 90.6 Å². The van der Waals surface area contributed by atoms with Crippen molar-refractivity contribution in [2.45, 2.75) is 0 Å². The van der Waals surface area contributed by atoms with Gasteiger partial charge in [0, 0.05) is 10.0 Å². The number of ether oxygens (including phenoxy) is 2. The molecule has 0 fully saturated rings. The molecule has 1 aromatic heterocycles. The van der Waals surface area contributed by atoms with Crippen molar-refractivity contribution in [1.82, 2.24) is 20.2 Å². The molecule has 8 nitrogen and oxygen atoms in total. The Hall–Kier alpha value is -3.98. The van der Waals surface area contributed by atoms with E-state index in [9.17, 15) is 4.79 Å². The highest BCUT2D eigenvalue weighted by atomic mass is 79.9. The van der Waals surface area contributed by atoms with Gasteiger partial charge in [-0.3, -0.25) is 4.79 Å². The molecule has 3 aromatic carbocycles. The number of nitrogens with one attached hydrogen (secondary N) is 1. The number of carbonyl (C=O) groups excluding carboxylic acids is 1. The molecule has 32 heavy (non-hydrogen) atoms. The largest absolute Gasteiger partial charge is 0.454 e. The quantitative estimate of drug-likeness (QED) is 0.335. The van der Waals surface area contributed by atoms with Crippen LogP contribution in [0, 0.1) is 0 Å². The summed E-state index contributed by atoms with van der Waals surface area (Å²) in [5.74, 6) is 1.34.